The predicted molar refractivity (Wildman–Crippen MR) is 206 cm³/mol. The molecule has 0 spiro atoms. The van der Waals surface area contributed by atoms with E-state index in [0.717, 1.165) is 58.1 Å². The van der Waals surface area contributed by atoms with Crippen molar-refractivity contribution >= 4 is 46.4 Å². The molecule has 6 aromatic carbocycles. The van der Waals surface area contributed by atoms with Crippen LogP contribution in [-0.2, 0) is 22.3 Å². The number of hydrogen-bond donors (Lipinski definition) is 0. The number of carbonyl (C=O) groups is 2. The van der Waals surface area contributed by atoms with Gasteiger partial charge in [0.15, 0.2) is 0 Å². The molecule has 8 nitrogen and oxygen atoms in total. The van der Waals surface area contributed by atoms with Crippen molar-refractivity contribution in [2.45, 2.75) is 26.7 Å². The molecule has 0 atom stereocenters. The zero-order valence-electron chi connectivity index (χ0n) is 29.6. The molecule has 0 aliphatic heterocycles. The summed E-state index contributed by atoms with van der Waals surface area (Å²) in [7, 11) is 2.57. The van der Waals surface area contributed by atoms with Crippen LogP contribution in [0.25, 0.3) is 11.1 Å². The summed E-state index contributed by atoms with van der Waals surface area (Å²) in [6, 6.07) is 48.3. The van der Waals surface area contributed by atoms with Crippen LogP contribution in [0, 0.1) is 0 Å². The van der Waals surface area contributed by atoms with Gasteiger partial charge in [0.2, 0.25) is 0 Å². The standard InChI is InChI=1S/C44H40N2O6/c1-5-31-13-21-35(22-14-31)45(39-9-7-11-41(29-39)51-43(47)49-3)37-25-17-33(18-26-37)34-19-27-38(28-20-34)46(36-23-15-32(6-2)16-24-36)40-10-8-12-42(30-40)52-44(48)50-4/h7-30H,5-6H2,1-4H3. The minimum atomic E-state index is -0.773. The smallest absolute Gasteiger partial charge is 0.437 e. The van der Waals surface area contributed by atoms with Crippen LogP contribution in [0.4, 0.5) is 43.7 Å². The Hall–Kier alpha value is -6.54. The maximum Gasteiger partial charge on any atom is 0.513 e. The van der Waals surface area contributed by atoms with E-state index in [4.69, 9.17) is 18.9 Å². The molecule has 262 valence electrons. The number of aryl methyl sites for hydroxylation is 2. The summed E-state index contributed by atoms with van der Waals surface area (Å²) in [6.07, 6.45) is 0.333. The summed E-state index contributed by atoms with van der Waals surface area (Å²) in [5.74, 6) is 0.767. The molecule has 0 saturated carbocycles. The van der Waals surface area contributed by atoms with Crippen molar-refractivity contribution in [1.82, 2.24) is 0 Å². The summed E-state index contributed by atoms with van der Waals surface area (Å²) < 4.78 is 20.1. The maximum absolute atomic E-state index is 11.8. The largest absolute Gasteiger partial charge is 0.513 e. The Morgan fingerprint density at radius 2 is 0.769 bits per heavy atom. The van der Waals surface area contributed by atoms with Gasteiger partial charge in [-0.25, -0.2) is 9.59 Å². The van der Waals surface area contributed by atoms with Crippen LogP contribution in [0.1, 0.15) is 25.0 Å². The first kappa shape index (κ1) is 35.3. The van der Waals surface area contributed by atoms with Crippen LogP contribution in [0.3, 0.4) is 0 Å². The molecular weight excluding hydrogens is 652 g/mol. The van der Waals surface area contributed by atoms with Gasteiger partial charge in [-0.3, -0.25) is 0 Å². The zero-order valence-corrected chi connectivity index (χ0v) is 29.6. The first-order valence-corrected chi connectivity index (χ1v) is 17.1. The number of benzene rings is 6. The van der Waals surface area contributed by atoms with E-state index >= 15 is 0 Å². The molecule has 0 amide bonds. The van der Waals surface area contributed by atoms with Crippen molar-refractivity contribution in [2.24, 2.45) is 0 Å². The van der Waals surface area contributed by atoms with Crippen LogP contribution in [0.15, 0.2) is 146 Å². The Kier molecular flexibility index (Phi) is 11.2. The molecule has 0 heterocycles. The highest BCUT2D eigenvalue weighted by Gasteiger charge is 2.17. The lowest BCUT2D eigenvalue weighted by molar-refractivity contribution is 0.120. The van der Waals surface area contributed by atoms with Gasteiger partial charge in [0.1, 0.15) is 11.5 Å². The maximum atomic E-state index is 11.8. The normalized spacial score (nSPS) is 10.6. The van der Waals surface area contributed by atoms with Crippen molar-refractivity contribution in [1.29, 1.82) is 0 Å². The molecule has 0 aromatic heterocycles. The second-order valence-corrected chi connectivity index (χ2v) is 11.9. The van der Waals surface area contributed by atoms with Gasteiger partial charge in [-0.05, 0) is 108 Å². The number of rotatable bonds is 11. The first-order valence-electron chi connectivity index (χ1n) is 17.1. The average Bonchev–Trinajstić information content (AvgIpc) is 3.19. The minimum absolute atomic E-state index is 0.384. The van der Waals surface area contributed by atoms with E-state index in [1.54, 1.807) is 12.1 Å². The van der Waals surface area contributed by atoms with Gasteiger partial charge >= 0.3 is 12.3 Å². The SMILES string of the molecule is CCc1ccc(N(c2ccc(-c3ccc(N(c4ccc(CC)cc4)c4cccc(OC(=O)OC)c4)cc3)cc2)c2cccc(OC(=O)OC)c2)cc1. The monoisotopic (exact) mass is 692 g/mol. The molecule has 0 saturated heterocycles. The van der Waals surface area contributed by atoms with Gasteiger partial charge < -0.3 is 28.7 Å². The lowest BCUT2D eigenvalue weighted by Crippen LogP contribution is -2.11. The van der Waals surface area contributed by atoms with Crippen molar-refractivity contribution < 1.29 is 28.5 Å². The molecule has 52 heavy (non-hydrogen) atoms. The summed E-state index contributed by atoms with van der Waals surface area (Å²) in [6.45, 7) is 4.26. The van der Waals surface area contributed by atoms with Crippen LogP contribution in [0.5, 0.6) is 11.5 Å². The van der Waals surface area contributed by atoms with Gasteiger partial charge in [-0.2, -0.15) is 0 Å². The third kappa shape index (κ3) is 8.25. The molecule has 0 N–H and O–H groups in total. The first-order chi connectivity index (χ1) is 25.4. The summed E-state index contributed by atoms with van der Waals surface area (Å²) >= 11 is 0. The van der Waals surface area contributed by atoms with Gasteiger partial charge in [0.05, 0.1) is 14.2 Å². The number of carbonyl (C=O) groups excluding carboxylic acids is 2. The van der Waals surface area contributed by atoms with E-state index in [2.05, 4.69) is 121 Å². The number of methoxy groups -OCH3 is 2. The van der Waals surface area contributed by atoms with Crippen molar-refractivity contribution in [2.75, 3.05) is 24.0 Å². The second-order valence-electron chi connectivity index (χ2n) is 11.9. The predicted octanol–water partition coefficient (Wildman–Crippen LogP) is 11.7. The third-order valence-electron chi connectivity index (χ3n) is 8.68. The lowest BCUT2D eigenvalue weighted by atomic mass is 10.0. The number of ether oxygens (including phenoxy) is 4. The van der Waals surface area contributed by atoms with Crippen LogP contribution in [0.2, 0.25) is 0 Å². The lowest BCUT2D eigenvalue weighted by Gasteiger charge is -2.26. The Morgan fingerprint density at radius 3 is 1.08 bits per heavy atom. The topological polar surface area (TPSA) is 77.5 Å². The van der Waals surface area contributed by atoms with Gasteiger partial charge in [-0.1, -0.05) is 74.5 Å². The Bertz CT molecular complexity index is 1960. The molecule has 0 fully saturated rings. The fraction of sp³-hybridized carbons (Fsp3) is 0.136. The fourth-order valence-electron chi connectivity index (χ4n) is 5.91. The molecular formula is C44H40N2O6. The fourth-order valence-corrected chi connectivity index (χ4v) is 5.91. The Morgan fingerprint density at radius 1 is 0.442 bits per heavy atom. The van der Waals surface area contributed by atoms with E-state index in [1.165, 1.54) is 25.3 Å². The highest BCUT2D eigenvalue weighted by atomic mass is 16.7. The molecule has 0 unspecified atom stereocenters. The quantitative estimate of drug-likeness (QED) is 0.0981. The highest BCUT2D eigenvalue weighted by Crippen LogP contribution is 2.39. The Labute approximate surface area is 304 Å². The summed E-state index contributed by atoms with van der Waals surface area (Å²) in [5.41, 5.74) is 10.1. The molecule has 0 radical (unpaired) electrons. The average molecular weight is 693 g/mol. The van der Waals surface area contributed by atoms with E-state index in [1.807, 2.05) is 36.4 Å². The number of anilines is 6. The molecule has 0 aliphatic carbocycles. The highest BCUT2D eigenvalue weighted by molar-refractivity contribution is 5.82. The molecule has 8 heteroatoms. The van der Waals surface area contributed by atoms with Crippen LogP contribution >= 0.6 is 0 Å². The molecule has 0 aliphatic rings. The van der Waals surface area contributed by atoms with Crippen molar-refractivity contribution in [3.63, 3.8) is 0 Å². The van der Waals surface area contributed by atoms with E-state index in [9.17, 15) is 9.59 Å². The number of nitrogens with zero attached hydrogens (tertiary/aromatic N) is 2. The minimum Gasteiger partial charge on any atom is -0.437 e. The molecule has 0 bridgehead atoms. The van der Waals surface area contributed by atoms with Gasteiger partial charge in [0.25, 0.3) is 0 Å². The van der Waals surface area contributed by atoms with Crippen molar-refractivity contribution in [3.8, 4) is 22.6 Å². The van der Waals surface area contributed by atoms with E-state index in [-0.39, 0.29) is 0 Å². The third-order valence-corrected chi connectivity index (χ3v) is 8.68. The zero-order chi connectivity index (χ0) is 36.5. The van der Waals surface area contributed by atoms with Crippen molar-refractivity contribution in [3.05, 3.63) is 157 Å². The summed E-state index contributed by atoms with van der Waals surface area (Å²) in [4.78, 5) is 27.9. The van der Waals surface area contributed by atoms with E-state index in [0.29, 0.717) is 11.5 Å². The van der Waals surface area contributed by atoms with Crippen LogP contribution < -0.4 is 19.3 Å². The van der Waals surface area contributed by atoms with Crippen LogP contribution in [-0.4, -0.2) is 26.5 Å². The second kappa shape index (κ2) is 16.4. The summed E-state index contributed by atoms with van der Waals surface area (Å²) in [5, 5.41) is 0. The van der Waals surface area contributed by atoms with E-state index < -0.39 is 12.3 Å². The van der Waals surface area contributed by atoms with Gasteiger partial charge in [0, 0.05) is 46.3 Å². The molecule has 6 aromatic rings. The Balaban J connectivity index is 1.32. The van der Waals surface area contributed by atoms with Gasteiger partial charge in [-0.15, -0.1) is 0 Å². The number of hydrogen-bond acceptors (Lipinski definition) is 8. The molecule has 6 rings (SSSR count).